The lowest BCUT2D eigenvalue weighted by Gasteiger charge is -2.12. The average Bonchev–Trinajstić information content (AvgIpc) is 2.62. The van der Waals surface area contributed by atoms with Crippen LogP contribution in [-0.2, 0) is 6.42 Å². The molecule has 3 rings (SSSR count). The number of pyridine rings is 1. The maximum Gasteiger partial charge on any atom is 0.353 e. The van der Waals surface area contributed by atoms with E-state index in [0.717, 1.165) is 23.4 Å². The lowest BCUT2D eigenvalue weighted by atomic mass is 10.1. The number of aromatic nitrogens is 3. The molecule has 0 amide bonds. The molecule has 2 heterocycles. The molecule has 8 heteroatoms. The van der Waals surface area contributed by atoms with Gasteiger partial charge in [-0.2, -0.15) is 0 Å². The number of para-hydroxylation sites is 1. The molecule has 0 fully saturated rings. The monoisotopic (exact) mass is 350 g/mol. The van der Waals surface area contributed by atoms with E-state index in [1.807, 2.05) is 50.2 Å². The molecule has 0 aliphatic heterocycles. The molecular weight excluding hydrogens is 332 g/mol. The van der Waals surface area contributed by atoms with Gasteiger partial charge in [-0.3, -0.25) is 10.1 Å². The third kappa shape index (κ3) is 3.75. The molecule has 0 radical (unpaired) electrons. The van der Waals surface area contributed by atoms with Crippen molar-refractivity contribution in [3.8, 4) is 0 Å². The van der Waals surface area contributed by atoms with Crippen molar-refractivity contribution in [1.29, 1.82) is 0 Å². The Morgan fingerprint density at radius 2 is 1.77 bits per heavy atom. The summed E-state index contributed by atoms with van der Waals surface area (Å²) in [4.78, 5) is 23.6. The molecule has 0 saturated heterocycles. The van der Waals surface area contributed by atoms with Crippen LogP contribution in [0.3, 0.4) is 0 Å². The van der Waals surface area contributed by atoms with Crippen LogP contribution in [0.25, 0.3) is 0 Å². The first-order chi connectivity index (χ1) is 12.6. The van der Waals surface area contributed by atoms with E-state index < -0.39 is 4.92 Å². The van der Waals surface area contributed by atoms with E-state index in [2.05, 4.69) is 25.6 Å². The topological polar surface area (TPSA) is 106 Å². The Morgan fingerprint density at radius 1 is 1.04 bits per heavy atom. The van der Waals surface area contributed by atoms with Crippen LogP contribution in [-0.4, -0.2) is 19.9 Å². The van der Waals surface area contributed by atoms with E-state index in [1.165, 1.54) is 6.33 Å². The normalized spacial score (nSPS) is 10.4. The zero-order chi connectivity index (χ0) is 18.5. The molecule has 0 saturated carbocycles. The van der Waals surface area contributed by atoms with Crippen LogP contribution >= 0.6 is 0 Å². The third-order valence-electron chi connectivity index (χ3n) is 3.79. The third-order valence-corrected chi connectivity index (χ3v) is 3.79. The SMILES string of the molecule is CCc1ccccc1Nc1ncnc(Nc2cccc(C)n2)c1[N+](=O)[O-]. The molecule has 0 unspecified atom stereocenters. The molecule has 0 aliphatic carbocycles. The minimum Gasteiger partial charge on any atom is -0.334 e. The Kier molecular flexibility index (Phi) is 5.02. The second-order valence-corrected chi connectivity index (χ2v) is 5.60. The average molecular weight is 350 g/mol. The van der Waals surface area contributed by atoms with Crippen molar-refractivity contribution in [3.05, 3.63) is 70.2 Å². The van der Waals surface area contributed by atoms with Crippen LogP contribution in [0, 0.1) is 17.0 Å². The molecular formula is C18H18N6O2. The van der Waals surface area contributed by atoms with Gasteiger partial charge in [0.15, 0.2) is 0 Å². The summed E-state index contributed by atoms with van der Waals surface area (Å²) in [6, 6.07) is 13.0. The van der Waals surface area contributed by atoms with Gasteiger partial charge in [0.1, 0.15) is 12.1 Å². The van der Waals surface area contributed by atoms with Gasteiger partial charge in [0.2, 0.25) is 11.6 Å². The van der Waals surface area contributed by atoms with Crippen molar-refractivity contribution in [2.75, 3.05) is 10.6 Å². The number of anilines is 4. The minimum absolute atomic E-state index is 0.0829. The number of nitrogens with one attached hydrogen (secondary N) is 2. The molecule has 0 aliphatic rings. The molecule has 2 N–H and O–H groups in total. The Bertz CT molecular complexity index is 944. The first-order valence-electron chi connectivity index (χ1n) is 8.13. The molecule has 26 heavy (non-hydrogen) atoms. The first kappa shape index (κ1) is 17.3. The van der Waals surface area contributed by atoms with Crippen LogP contribution in [0.1, 0.15) is 18.2 Å². The van der Waals surface area contributed by atoms with Gasteiger partial charge in [0.05, 0.1) is 4.92 Å². The molecule has 1 aromatic carbocycles. The first-order valence-corrected chi connectivity index (χ1v) is 8.13. The number of hydrogen-bond donors (Lipinski definition) is 2. The van der Waals surface area contributed by atoms with Gasteiger partial charge >= 0.3 is 5.69 Å². The fraction of sp³-hybridized carbons (Fsp3) is 0.167. The zero-order valence-corrected chi connectivity index (χ0v) is 14.4. The van der Waals surface area contributed by atoms with Crippen molar-refractivity contribution in [2.45, 2.75) is 20.3 Å². The van der Waals surface area contributed by atoms with Crippen molar-refractivity contribution in [3.63, 3.8) is 0 Å². The molecule has 8 nitrogen and oxygen atoms in total. The van der Waals surface area contributed by atoms with Crippen LogP contribution in [0.2, 0.25) is 0 Å². The highest BCUT2D eigenvalue weighted by Gasteiger charge is 2.24. The van der Waals surface area contributed by atoms with Crippen molar-refractivity contribution < 1.29 is 4.92 Å². The minimum atomic E-state index is -0.505. The summed E-state index contributed by atoms with van der Waals surface area (Å²) in [5.41, 5.74) is 2.37. The fourth-order valence-corrected chi connectivity index (χ4v) is 2.55. The molecule has 2 aromatic heterocycles. The second kappa shape index (κ2) is 7.56. The van der Waals surface area contributed by atoms with Gasteiger partial charge in [-0.05, 0) is 37.1 Å². The van der Waals surface area contributed by atoms with Crippen molar-refractivity contribution in [1.82, 2.24) is 15.0 Å². The summed E-state index contributed by atoms with van der Waals surface area (Å²) in [6.07, 6.45) is 2.07. The largest absolute Gasteiger partial charge is 0.353 e. The van der Waals surface area contributed by atoms with E-state index in [1.54, 1.807) is 6.07 Å². The number of nitrogens with zero attached hydrogens (tertiary/aromatic N) is 4. The lowest BCUT2D eigenvalue weighted by molar-refractivity contribution is -0.383. The molecule has 0 atom stereocenters. The highest BCUT2D eigenvalue weighted by atomic mass is 16.6. The molecule has 132 valence electrons. The van der Waals surface area contributed by atoms with E-state index in [9.17, 15) is 10.1 Å². The second-order valence-electron chi connectivity index (χ2n) is 5.60. The maximum atomic E-state index is 11.7. The van der Waals surface area contributed by atoms with Gasteiger partial charge in [-0.25, -0.2) is 15.0 Å². The van der Waals surface area contributed by atoms with Crippen molar-refractivity contribution in [2.24, 2.45) is 0 Å². The summed E-state index contributed by atoms with van der Waals surface area (Å²) >= 11 is 0. The van der Waals surface area contributed by atoms with Gasteiger partial charge in [0, 0.05) is 11.4 Å². The van der Waals surface area contributed by atoms with E-state index in [4.69, 9.17) is 0 Å². The Hall–Kier alpha value is -3.55. The van der Waals surface area contributed by atoms with Crippen molar-refractivity contribution >= 4 is 28.8 Å². The smallest absolute Gasteiger partial charge is 0.334 e. The van der Waals surface area contributed by atoms with E-state index >= 15 is 0 Å². The standard InChI is InChI=1S/C18H18N6O2/c1-3-13-8-4-5-9-14(13)22-17-16(24(25)26)18(20-11-19-17)23-15-10-6-7-12(2)21-15/h4-11H,3H2,1-2H3,(H2,19,20,21,22,23). The Labute approximate surface area is 150 Å². The summed E-state index contributed by atoms with van der Waals surface area (Å²) in [5.74, 6) is 0.687. The Balaban J connectivity index is 2.00. The highest BCUT2D eigenvalue weighted by molar-refractivity contribution is 5.76. The van der Waals surface area contributed by atoms with E-state index in [-0.39, 0.29) is 17.3 Å². The number of aryl methyl sites for hydroxylation is 2. The summed E-state index contributed by atoms with van der Waals surface area (Å²) in [6.45, 7) is 3.86. The molecule has 0 spiro atoms. The summed E-state index contributed by atoms with van der Waals surface area (Å²) < 4.78 is 0. The highest BCUT2D eigenvalue weighted by Crippen LogP contribution is 2.33. The number of nitro groups is 1. The number of benzene rings is 1. The predicted molar refractivity (Wildman–Crippen MR) is 100 cm³/mol. The maximum absolute atomic E-state index is 11.7. The van der Waals surface area contributed by atoms with Crippen LogP contribution in [0.15, 0.2) is 48.8 Å². The molecule has 0 bridgehead atoms. The van der Waals surface area contributed by atoms with Gasteiger partial charge < -0.3 is 10.6 Å². The summed E-state index contributed by atoms with van der Waals surface area (Å²) in [5, 5.41) is 17.6. The quantitative estimate of drug-likeness (QED) is 0.508. The van der Waals surface area contributed by atoms with Crippen LogP contribution < -0.4 is 10.6 Å². The number of hydrogen-bond acceptors (Lipinski definition) is 7. The molecule has 3 aromatic rings. The Morgan fingerprint density at radius 3 is 2.46 bits per heavy atom. The number of rotatable bonds is 6. The van der Waals surface area contributed by atoms with Gasteiger partial charge in [-0.1, -0.05) is 31.2 Å². The predicted octanol–water partition coefficient (Wildman–Crippen LogP) is 4.14. The lowest BCUT2D eigenvalue weighted by Crippen LogP contribution is -2.07. The summed E-state index contributed by atoms with van der Waals surface area (Å²) in [7, 11) is 0. The zero-order valence-electron chi connectivity index (χ0n) is 14.4. The van der Waals surface area contributed by atoms with Gasteiger partial charge in [0.25, 0.3) is 0 Å². The fourth-order valence-electron chi connectivity index (χ4n) is 2.55. The van der Waals surface area contributed by atoms with Gasteiger partial charge in [-0.15, -0.1) is 0 Å². The van der Waals surface area contributed by atoms with Crippen LogP contribution in [0.4, 0.5) is 28.8 Å². The van der Waals surface area contributed by atoms with E-state index in [0.29, 0.717) is 5.82 Å². The van der Waals surface area contributed by atoms with Crippen LogP contribution in [0.5, 0.6) is 0 Å².